The largest absolute Gasteiger partial charge is 0.481 e. The Kier molecular flexibility index (Phi) is 6.26. The molecule has 1 heterocycles. The van der Waals surface area contributed by atoms with Crippen molar-refractivity contribution in [2.75, 3.05) is 5.32 Å². The van der Waals surface area contributed by atoms with Gasteiger partial charge in [0.05, 0.1) is 27.7 Å². The minimum Gasteiger partial charge on any atom is -0.481 e. The second-order valence-corrected chi connectivity index (χ2v) is 7.90. The van der Waals surface area contributed by atoms with Crippen LogP contribution in [0.2, 0.25) is 5.02 Å². The van der Waals surface area contributed by atoms with Gasteiger partial charge in [0.2, 0.25) is 0 Å². The van der Waals surface area contributed by atoms with Gasteiger partial charge in [-0.1, -0.05) is 30.7 Å². The molecule has 3 aromatic rings. The molecule has 0 saturated carbocycles. The van der Waals surface area contributed by atoms with E-state index in [2.05, 4.69) is 22.5 Å². The molecule has 2 aromatic carbocycles. The number of halogens is 1. The zero-order valence-electron chi connectivity index (χ0n) is 14.5. The Bertz CT molecular complexity index is 973. The number of fused-ring (bicyclic) bond motifs is 1. The SMILES string of the molecule is CCc1nc2ccc(NC(=S)NC(CC(=O)O)c3ccc(Cl)cc3)cc2s1. The lowest BCUT2D eigenvalue weighted by Gasteiger charge is -2.20. The van der Waals surface area contributed by atoms with E-state index in [1.165, 1.54) is 0 Å². The van der Waals surface area contributed by atoms with Crippen molar-refractivity contribution in [3.8, 4) is 0 Å². The molecule has 0 aliphatic carbocycles. The summed E-state index contributed by atoms with van der Waals surface area (Å²) in [4.78, 5) is 15.8. The maximum atomic E-state index is 11.2. The Morgan fingerprint density at radius 2 is 2.04 bits per heavy atom. The van der Waals surface area contributed by atoms with Gasteiger partial charge in [0.25, 0.3) is 0 Å². The van der Waals surface area contributed by atoms with Crippen molar-refractivity contribution in [1.82, 2.24) is 10.3 Å². The van der Waals surface area contributed by atoms with Crippen LogP contribution in [0.5, 0.6) is 0 Å². The van der Waals surface area contributed by atoms with Gasteiger partial charge < -0.3 is 15.7 Å². The fraction of sp³-hybridized carbons (Fsp3) is 0.211. The minimum atomic E-state index is -0.913. The molecule has 140 valence electrons. The first kappa shape index (κ1) is 19.5. The molecule has 5 nitrogen and oxygen atoms in total. The van der Waals surface area contributed by atoms with E-state index in [1.807, 2.05) is 18.2 Å². The highest BCUT2D eigenvalue weighted by atomic mass is 35.5. The van der Waals surface area contributed by atoms with Crippen LogP contribution in [-0.2, 0) is 11.2 Å². The van der Waals surface area contributed by atoms with Crippen molar-refractivity contribution < 1.29 is 9.90 Å². The summed E-state index contributed by atoms with van der Waals surface area (Å²) in [6.07, 6.45) is 0.803. The number of carboxylic acids is 1. The number of anilines is 1. The van der Waals surface area contributed by atoms with E-state index in [-0.39, 0.29) is 6.42 Å². The highest BCUT2D eigenvalue weighted by Gasteiger charge is 2.17. The molecule has 0 spiro atoms. The Labute approximate surface area is 171 Å². The van der Waals surface area contributed by atoms with E-state index in [1.54, 1.807) is 35.6 Å². The zero-order chi connectivity index (χ0) is 19.4. The quantitative estimate of drug-likeness (QED) is 0.487. The molecule has 1 aromatic heterocycles. The van der Waals surface area contributed by atoms with Gasteiger partial charge in [-0.3, -0.25) is 4.79 Å². The maximum Gasteiger partial charge on any atom is 0.305 e. The van der Waals surface area contributed by atoms with E-state index in [0.29, 0.717) is 10.1 Å². The predicted octanol–water partition coefficient (Wildman–Crippen LogP) is 5.01. The zero-order valence-corrected chi connectivity index (χ0v) is 16.9. The minimum absolute atomic E-state index is 0.100. The van der Waals surface area contributed by atoms with Gasteiger partial charge in [-0.05, 0) is 54.5 Å². The van der Waals surface area contributed by atoms with Gasteiger partial charge in [-0.25, -0.2) is 4.98 Å². The summed E-state index contributed by atoms with van der Waals surface area (Å²) in [7, 11) is 0. The Morgan fingerprint density at radius 3 is 2.70 bits per heavy atom. The van der Waals surface area contributed by atoms with Crippen molar-refractivity contribution >= 4 is 62.1 Å². The number of nitrogens with one attached hydrogen (secondary N) is 2. The third-order valence-corrected chi connectivity index (χ3v) is 5.58. The van der Waals surface area contributed by atoms with Gasteiger partial charge in [0.1, 0.15) is 0 Å². The number of carbonyl (C=O) groups is 1. The molecule has 0 bridgehead atoms. The number of thiocarbonyl (C=S) groups is 1. The molecule has 3 N–H and O–H groups in total. The lowest BCUT2D eigenvalue weighted by molar-refractivity contribution is -0.137. The van der Waals surface area contributed by atoms with Crippen molar-refractivity contribution in [2.45, 2.75) is 25.8 Å². The molecule has 0 aliphatic heterocycles. The molecular weight excluding hydrogens is 402 g/mol. The van der Waals surface area contributed by atoms with Gasteiger partial charge >= 0.3 is 5.97 Å². The number of aryl methyl sites for hydroxylation is 1. The van der Waals surface area contributed by atoms with E-state index >= 15 is 0 Å². The number of rotatable bonds is 6. The molecule has 0 saturated heterocycles. The average Bonchev–Trinajstić information content (AvgIpc) is 3.04. The van der Waals surface area contributed by atoms with Crippen LogP contribution in [0.1, 0.15) is 30.0 Å². The summed E-state index contributed by atoms with van der Waals surface area (Å²) in [5.74, 6) is -0.913. The molecule has 3 rings (SSSR count). The summed E-state index contributed by atoms with van der Waals surface area (Å²) < 4.78 is 1.08. The molecule has 8 heteroatoms. The Balaban J connectivity index is 1.73. The van der Waals surface area contributed by atoms with Crippen LogP contribution in [0.4, 0.5) is 5.69 Å². The molecule has 27 heavy (non-hydrogen) atoms. The van der Waals surface area contributed by atoms with Crippen molar-refractivity contribution in [3.05, 3.63) is 58.1 Å². The van der Waals surface area contributed by atoms with E-state index in [9.17, 15) is 9.90 Å². The van der Waals surface area contributed by atoms with Gasteiger partial charge in [0.15, 0.2) is 5.11 Å². The van der Waals surface area contributed by atoms with Crippen molar-refractivity contribution in [1.29, 1.82) is 0 Å². The van der Waals surface area contributed by atoms with Crippen LogP contribution in [0, 0.1) is 0 Å². The summed E-state index contributed by atoms with van der Waals surface area (Å²) in [5, 5.41) is 17.5. The molecule has 0 amide bonds. The summed E-state index contributed by atoms with van der Waals surface area (Å²) in [6.45, 7) is 2.08. The van der Waals surface area contributed by atoms with Gasteiger partial charge in [-0.15, -0.1) is 11.3 Å². The molecule has 0 aliphatic rings. The van der Waals surface area contributed by atoms with E-state index in [4.69, 9.17) is 23.8 Å². The fourth-order valence-corrected chi connectivity index (χ4v) is 3.98. The van der Waals surface area contributed by atoms with Gasteiger partial charge in [0, 0.05) is 10.7 Å². The normalized spacial score (nSPS) is 11.9. The Morgan fingerprint density at radius 1 is 1.30 bits per heavy atom. The Hall–Kier alpha value is -2.22. The molecule has 0 fully saturated rings. The number of nitrogens with zero attached hydrogens (tertiary/aromatic N) is 1. The van der Waals surface area contributed by atoms with Crippen LogP contribution in [0.3, 0.4) is 0 Å². The number of hydrogen-bond donors (Lipinski definition) is 3. The summed E-state index contributed by atoms with van der Waals surface area (Å²) in [5.41, 5.74) is 2.60. The lowest BCUT2D eigenvalue weighted by Crippen LogP contribution is -2.33. The van der Waals surface area contributed by atoms with E-state index in [0.717, 1.165) is 32.9 Å². The third-order valence-electron chi connectivity index (χ3n) is 3.95. The number of carboxylic acid groups (broad SMARTS) is 1. The number of hydrogen-bond acceptors (Lipinski definition) is 4. The smallest absolute Gasteiger partial charge is 0.305 e. The second kappa shape index (κ2) is 8.65. The molecule has 0 radical (unpaired) electrons. The third kappa shape index (κ3) is 5.15. The van der Waals surface area contributed by atoms with Crippen molar-refractivity contribution in [2.24, 2.45) is 0 Å². The highest BCUT2D eigenvalue weighted by Crippen LogP contribution is 2.26. The van der Waals surface area contributed by atoms with Gasteiger partial charge in [-0.2, -0.15) is 0 Å². The maximum absolute atomic E-state index is 11.2. The summed E-state index contributed by atoms with van der Waals surface area (Å²) in [6, 6.07) is 12.4. The molecular formula is C19H18ClN3O2S2. The van der Waals surface area contributed by atoms with Crippen LogP contribution >= 0.6 is 35.2 Å². The number of thiazole rings is 1. The number of aromatic nitrogens is 1. The monoisotopic (exact) mass is 419 g/mol. The second-order valence-electron chi connectivity index (χ2n) is 5.94. The molecule has 1 unspecified atom stereocenters. The van der Waals surface area contributed by atoms with Crippen LogP contribution in [0.25, 0.3) is 10.2 Å². The first-order valence-electron chi connectivity index (χ1n) is 8.39. The fourth-order valence-electron chi connectivity index (χ4n) is 2.65. The average molecular weight is 420 g/mol. The first-order valence-corrected chi connectivity index (χ1v) is 9.99. The standard InChI is InChI=1S/C19H18ClN3O2S2/c1-2-17-22-14-8-7-13(9-16(14)27-17)21-19(26)23-15(10-18(24)25)11-3-5-12(20)6-4-11/h3-9,15H,2,10H2,1H3,(H,24,25)(H2,21,23,26). The van der Waals surface area contributed by atoms with Crippen molar-refractivity contribution in [3.63, 3.8) is 0 Å². The number of aliphatic carboxylic acids is 1. The predicted molar refractivity (Wildman–Crippen MR) is 115 cm³/mol. The van der Waals surface area contributed by atoms with Crippen LogP contribution < -0.4 is 10.6 Å². The first-order chi connectivity index (χ1) is 12.9. The number of benzene rings is 2. The highest BCUT2D eigenvalue weighted by molar-refractivity contribution is 7.80. The summed E-state index contributed by atoms with van der Waals surface area (Å²) >= 11 is 13.0. The molecule has 1 atom stereocenters. The van der Waals surface area contributed by atoms with E-state index < -0.39 is 12.0 Å². The van der Waals surface area contributed by atoms with Crippen LogP contribution in [0.15, 0.2) is 42.5 Å². The van der Waals surface area contributed by atoms with Crippen LogP contribution in [-0.4, -0.2) is 21.2 Å². The lowest BCUT2D eigenvalue weighted by atomic mass is 10.0. The topological polar surface area (TPSA) is 74.2 Å².